The van der Waals surface area contributed by atoms with E-state index in [0.717, 1.165) is 35.8 Å². The second-order valence-corrected chi connectivity index (χ2v) is 11.4. The number of carbonyl (C=O) groups is 1. The van der Waals surface area contributed by atoms with Crippen LogP contribution >= 0.6 is 11.8 Å². The van der Waals surface area contributed by atoms with Crippen molar-refractivity contribution in [3.05, 3.63) is 70.8 Å². The molecule has 0 fully saturated rings. The average Bonchev–Trinajstić information content (AvgIpc) is 3.31. The van der Waals surface area contributed by atoms with Crippen molar-refractivity contribution in [2.75, 3.05) is 17.8 Å². The van der Waals surface area contributed by atoms with Gasteiger partial charge >= 0.3 is 0 Å². The van der Waals surface area contributed by atoms with Gasteiger partial charge in [0.1, 0.15) is 5.75 Å². The number of thioether (sulfide) groups is 1. The predicted octanol–water partition coefficient (Wildman–Crippen LogP) is 9.32. The van der Waals surface area contributed by atoms with Crippen molar-refractivity contribution in [1.82, 2.24) is 4.90 Å². The van der Waals surface area contributed by atoms with Crippen molar-refractivity contribution in [2.45, 2.75) is 104 Å². The van der Waals surface area contributed by atoms with Crippen LogP contribution in [0.2, 0.25) is 0 Å². The van der Waals surface area contributed by atoms with Gasteiger partial charge in [0.2, 0.25) is 5.91 Å². The maximum absolute atomic E-state index is 12.8. The number of nitrogens with zero attached hydrogens (tertiary/aromatic N) is 1. The molecule has 0 bridgehead atoms. The number of carbonyl (C=O) groups excluding carboxylic acids is 1. The maximum Gasteiger partial charge on any atom is 0.228 e. The van der Waals surface area contributed by atoms with E-state index in [1.807, 2.05) is 48.2 Å². The van der Waals surface area contributed by atoms with Gasteiger partial charge in [0.15, 0.2) is 0 Å². The summed E-state index contributed by atoms with van der Waals surface area (Å²) in [4.78, 5) is 15.2. The molecule has 1 amide bonds. The van der Waals surface area contributed by atoms with Crippen LogP contribution in [0.3, 0.4) is 0 Å². The molecule has 1 aliphatic heterocycles. The molecule has 1 N–H and O–H groups in total. The number of anilines is 1. The van der Waals surface area contributed by atoms with Gasteiger partial charge in [0.05, 0.1) is 18.9 Å². The minimum absolute atomic E-state index is 0.0173. The van der Waals surface area contributed by atoms with Crippen LogP contribution in [0, 0.1) is 0 Å². The molecule has 0 saturated heterocycles. The molecule has 1 heterocycles. The van der Waals surface area contributed by atoms with Crippen LogP contribution < -0.4 is 10.1 Å². The van der Waals surface area contributed by atoms with E-state index in [4.69, 9.17) is 4.74 Å². The largest absolute Gasteiger partial charge is 0.493 e. The first-order valence-corrected chi connectivity index (χ1v) is 15.8. The highest BCUT2D eigenvalue weighted by Gasteiger charge is 2.13. The summed E-state index contributed by atoms with van der Waals surface area (Å²) in [6.07, 6.45) is 16.3. The van der Waals surface area contributed by atoms with E-state index >= 15 is 0 Å². The molecular weight excluding hydrogens is 488 g/mol. The zero-order valence-corrected chi connectivity index (χ0v) is 24.5. The lowest BCUT2D eigenvalue weighted by atomic mass is 10.1. The number of hydrogen-bond acceptors (Lipinski definition) is 4. The van der Waals surface area contributed by atoms with Crippen molar-refractivity contribution < 1.29 is 9.53 Å². The Morgan fingerprint density at radius 2 is 1.58 bits per heavy atom. The number of para-hydroxylation sites is 1. The molecule has 0 unspecified atom stereocenters. The molecule has 5 heteroatoms. The van der Waals surface area contributed by atoms with Crippen molar-refractivity contribution in [1.29, 1.82) is 0 Å². The number of nitrogens with one attached hydrogen (secondary N) is 1. The standard InChI is InChI=1S/C33H48N2O2S/c1-3-4-5-6-7-8-9-10-11-12-13-16-22-37-32-21-15-14-19-30(32)24-33(36)34-31-20-17-18-29(23-31)25-35-27-38-26-28(35)2/h14-15,17-21,23,26H,3-13,16,22,24-25,27H2,1-2H3,(H,34,36). The second-order valence-electron chi connectivity index (χ2n) is 10.5. The molecule has 0 saturated carbocycles. The number of ether oxygens (including phenoxy) is 1. The number of allylic oxidation sites excluding steroid dienone is 1. The zero-order chi connectivity index (χ0) is 26.8. The van der Waals surface area contributed by atoms with Gasteiger partial charge in [-0.25, -0.2) is 0 Å². The molecule has 0 atom stereocenters. The fourth-order valence-electron chi connectivity index (χ4n) is 4.86. The number of benzene rings is 2. The fraction of sp³-hybridized carbons (Fsp3) is 0.545. The van der Waals surface area contributed by atoms with Crippen molar-refractivity contribution in [2.24, 2.45) is 0 Å². The van der Waals surface area contributed by atoms with Gasteiger partial charge in [0, 0.05) is 23.5 Å². The Labute approximate surface area is 235 Å². The summed E-state index contributed by atoms with van der Waals surface area (Å²) < 4.78 is 6.09. The number of hydrogen-bond donors (Lipinski definition) is 1. The highest BCUT2D eigenvalue weighted by molar-refractivity contribution is 8.02. The SMILES string of the molecule is CCCCCCCCCCCCCCOc1ccccc1CC(=O)Nc1cccc(CN2CSC=C2C)c1. The summed E-state index contributed by atoms with van der Waals surface area (Å²) in [5, 5.41) is 5.28. The van der Waals surface area contributed by atoms with Gasteiger partial charge in [-0.15, -0.1) is 11.8 Å². The van der Waals surface area contributed by atoms with Gasteiger partial charge in [-0.3, -0.25) is 4.79 Å². The lowest BCUT2D eigenvalue weighted by Crippen LogP contribution is -2.18. The number of amides is 1. The van der Waals surface area contributed by atoms with Crippen LogP contribution in [-0.4, -0.2) is 23.3 Å². The molecule has 0 aliphatic carbocycles. The number of rotatable bonds is 19. The third-order valence-electron chi connectivity index (χ3n) is 7.15. The molecule has 3 rings (SSSR count). The van der Waals surface area contributed by atoms with Crippen molar-refractivity contribution in [3.63, 3.8) is 0 Å². The summed E-state index contributed by atoms with van der Waals surface area (Å²) in [7, 11) is 0. The minimum Gasteiger partial charge on any atom is -0.493 e. The molecule has 0 radical (unpaired) electrons. The Hall–Kier alpha value is -2.40. The lowest BCUT2D eigenvalue weighted by molar-refractivity contribution is -0.115. The van der Waals surface area contributed by atoms with Gasteiger partial charge in [-0.2, -0.15) is 0 Å². The van der Waals surface area contributed by atoms with Gasteiger partial charge in [-0.05, 0) is 42.5 Å². The fourth-order valence-corrected chi connectivity index (χ4v) is 5.80. The Balaban J connectivity index is 1.32. The molecule has 0 spiro atoms. The van der Waals surface area contributed by atoms with Crippen LogP contribution in [0.25, 0.3) is 0 Å². The van der Waals surface area contributed by atoms with E-state index in [0.29, 0.717) is 13.0 Å². The zero-order valence-electron chi connectivity index (χ0n) is 23.7. The molecule has 1 aliphatic rings. The quantitative estimate of drug-likeness (QED) is 0.182. The molecular formula is C33H48N2O2S. The van der Waals surface area contributed by atoms with Gasteiger partial charge in [-0.1, -0.05) is 108 Å². The van der Waals surface area contributed by atoms with Gasteiger partial charge in [0.25, 0.3) is 0 Å². The van der Waals surface area contributed by atoms with E-state index in [-0.39, 0.29) is 5.91 Å². The second kappa shape index (κ2) is 18.0. The van der Waals surface area contributed by atoms with Crippen LogP contribution in [-0.2, 0) is 17.8 Å². The molecule has 2 aromatic carbocycles. The summed E-state index contributed by atoms with van der Waals surface area (Å²) in [5.74, 6) is 1.79. The average molecular weight is 537 g/mol. The van der Waals surface area contributed by atoms with Gasteiger partial charge < -0.3 is 15.0 Å². The molecule has 0 aromatic heterocycles. The lowest BCUT2D eigenvalue weighted by Gasteiger charge is -2.19. The smallest absolute Gasteiger partial charge is 0.228 e. The first-order chi connectivity index (χ1) is 18.7. The van der Waals surface area contributed by atoms with E-state index < -0.39 is 0 Å². The predicted molar refractivity (Wildman–Crippen MR) is 164 cm³/mol. The summed E-state index contributed by atoms with van der Waals surface area (Å²) in [6, 6.07) is 16.1. The topological polar surface area (TPSA) is 41.6 Å². The Morgan fingerprint density at radius 1 is 0.895 bits per heavy atom. The highest BCUT2D eigenvalue weighted by Crippen LogP contribution is 2.25. The molecule has 4 nitrogen and oxygen atoms in total. The third-order valence-corrected chi connectivity index (χ3v) is 8.11. The summed E-state index contributed by atoms with van der Waals surface area (Å²) >= 11 is 1.82. The van der Waals surface area contributed by atoms with E-state index in [1.165, 1.54) is 81.9 Å². The first-order valence-electron chi connectivity index (χ1n) is 14.8. The Morgan fingerprint density at radius 3 is 2.26 bits per heavy atom. The first kappa shape index (κ1) is 30.1. The maximum atomic E-state index is 12.8. The van der Waals surface area contributed by atoms with E-state index in [9.17, 15) is 4.79 Å². The molecule has 2 aromatic rings. The monoisotopic (exact) mass is 536 g/mol. The van der Waals surface area contributed by atoms with E-state index in [2.05, 4.69) is 41.6 Å². The Bertz CT molecular complexity index is 990. The van der Waals surface area contributed by atoms with Crippen LogP contribution in [0.15, 0.2) is 59.6 Å². The normalized spacial score (nSPS) is 13.0. The summed E-state index contributed by atoms with van der Waals surface area (Å²) in [6.45, 7) is 5.98. The van der Waals surface area contributed by atoms with Crippen LogP contribution in [0.1, 0.15) is 102 Å². The van der Waals surface area contributed by atoms with Crippen LogP contribution in [0.5, 0.6) is 5.75 Å². The third kappa shape index (κ3) is 11.6. The molecule has 208 valence electrons. The van der Waals surface area contributed by atoms with Crippen LogP contribution in [0.4, 0.5) is 5.69 Å². The van der Waals surface area contributed by atoms with E-state index in [1.54, 1.807) is 0 Å². The Kier molecular flexibility index (Phi) is 14.3. The number of unbranched alkanes of at least 4 members (excludes halogenated alkanes) is 11. The molecule has 38 heavy (non-hydrogen) atoms. The van der Waals surface area contributed by atoms with Crippen molar-refractivity contribution >= 4 is 23.4 Å². The summed E-state index contributed by atoms with van der Waals surface area (Å²) in [5.41, 5.74) is 4.28. The van der Waals surface area contributed by atoms with Crippen molar-refractivity contribution in [3.8, 4) is 5.75 Å². The highest BCUT2D eigenvalue weighted by atomic mass is 32.2. The minimum atomic E-state index is -0.0173.